The van der Waals surface area contributed by atoms with Crippen LogP contribution in [0.5, 0.6) is 0 Å². The van der Waals surface area contributed by atoms with Crippen molar-refractivity contribution in [2.24, 2.45) is 0 Å². The number of hydrogen-bond donors (Lipinski definition) is 0. The zero-order valence-electron chi connectivity index (χ0n) is 14.2. The SMILES string of the molecule is Cc1ccc(-n2nnnc2C(Cl)c2nnnn2-c2ccc(C)cc2)cc1. The summed E-state index contributed by atoms with van der Waals surface area (Å²) in [6.07, 6.45) is 0. The second-order valence-electron chi connectivity index (χ2n) is 5.93. The standard InChI is InChI=1S/C17H15ClN8/c1-11-3-7-13(8-4-11)25-16(19-21-23-25)15(18)17-20-22-24-26(17)14-9-5-12(2)6-10-14/h3-10,15H,1-2H3. The number of halogens is 1. The summed E-state index contributed by atoms with van der Waals surface area (Å²) in [6.45, 7) is 4.04. The fourth-order valence-electron chi connectivity index (χ4n) is 2.56. The van der Waals surface area contributed by atoms with E-state index in [1.807, 2.05) is 62.4 Å². The molecule has 130 valence electrons. The Hall–Kier alpha value is -3.13. The molecular weight excluding hydrogens is 352 g/mol. The van der Waals surface area contributed by atoms with Crippen LogP contribution >= 0.6 is 11.6 Å². The van der Waals surface area contributed by atoms with Crippen LogP contribution in [0.3, 0.4) is 0 Å². The molecule has 0 aliphatic heterocycles. The van der Waals surface area contributed by atoms with Gasteiger partial charge in [0, 0.05) is 0 Å². The molecule has 0 atom stereocenters. The van der Waals surface area contributed by atoms with E-state index in [2.05, 4.69) is 31.1 Å². The molecular formula is C17H15ClN8. The van der Waals surface area contributed by atoms with E-state index >= 15 is 0 Å². The molecule has 9 heteroatoms. The van der Waals surface area contributed by atoms with Gasteiger partial charge in [-0.05, 0) is 59.0 Å². The Kier molecular flexibility index (Phi) is 4.18. The Morgan fingerprint density at radius 2 is 1.08 bits per heavy atom. The van der Waals surface area contributed by atoms with Crippen LogP contribution in [-0.4, -0.2) is 40.4 Å². The first kappa shape index (κ1) is 16.3. The Morgan fingerprint density at radius 3 is 1.46 bits per heavy atom. The molecule has 0 spiro atoms. The molecule has 0 saturated carbocycles. The van der Waals surface area contributed by atoms with E-state index in [1.54, 1.807) is 9.36 Å². The largest absolute Gasteiger partial charge is 0.195 e. The van der Waals surface area contributed by atoms with E-state index in [0.29, 0.717) is 11.6 Å². The van der Waals surface area contributed by atoms with Crippen LogP contribution < -0.4 is 0 Å². The van der Waals surface area contributed by atoms with Gasteiger partial charge >= 0.3 is 0 Å². The number of tetrazole rings is 2. The minimum Gasteiger partial charge on any atom is -0.195 e. The smallest absolute Gasteiger partial charge is 0.182 e. The lowest BCUT2D eigenvalue weighted by atomic mass is 10.2. The summed E-state index contributed by atoms with van der Waals surface area (Å²) in [7, 11) is 0. The fraction of sp³-hybridized carbons (Fsp3) is 0.176. The predicted molar refractivity (Wildman–Crippen MR) is 95.5 cm³/mol. The number of hydrogen-bond acceptors (Lipinski definition) is 6. The van der Waals surface area contributed by atoms with Crippen LogP contribution in [0.25, 0.3) is 11.4 Å². The van der Waals surface area contributed by atoms with Crippen LogP contribution in [0.2, 0.25) is 0 Å². The van der Waals surface area contributed by atoms with Crippen molar-refractivity contribution in [1.82, 2.24) is 40.4 Å². The van der Waals surface area contributed by atoms with Gasteiger partial charge in [-0.1, -0.05) is 35.4 Å². The Balaban J connectivity index is 1.73. The van der Waals surface area contributed by atoms with Gasteiger partial charge in [-0.25, -0.2) is 0 Å². The maximum Gasteiger partial charge on any atom is 0.182 e. The van der Waals surface area contributed by atoms with Gasteiger partial charge in [0.15, 0.2) is 17.0 Å². The number of nitrogens with zero attached hydrogens (tertiary/aromatic N) is 8. The summed E-state index contributed by atoms with van der Waals surface area (Å²) in [6, 6.07) is 15.7. The quantitative estimate of drug-likeness (QED) is 0.516. The minimum atomic E-state index is -0.720. The van der Waals surface area contributed by atoms with E-state index in [1.165, 1.54) is 0 Å². The van der Waals surface area contributed by atoms with Gasteiger partial charge in [0.25, 0.3) is 0 Å². The molecule has 0 amide bonds. The van der Waals surface area contributed by atoms with Gasteiger partial charge < -0.3 is 0 Å². The zero-order chi connectivity index (χ0) is 18.1. The Bertz CT molecular complexity index is 936. The van der Waals surface area contributed by atoms with Crippen molar-refractivity contribution in [2.45, 2.75) is 19.2 Å². The average molecular weight is 367 g/mol. The van der Waals surface area contributed by atoms with E-state index < -0.39 is 5.38 Å². The van der Waals surface area contributed by atoms with E-state index in [9.17, 15) is 0 Å². The topological polar surface area (TPSA) is 87.2 Å². The molecule has 0 unspecified atom stereocenters. The van der Waals surface area contributed by atoms with Gasteiger partial charge in [-0.15, -0.1) is 21.8 Å². The van der Waals surface area contributed by atoms with Crippen molar-refractivity contribution >= 4 is 11.6 Å². The highest BCUT2D eigenvalue weighted by Crippen LogP contribution is 2.27. The summed E-state index contributed by atoms with van der Waals surface area (Å²) in [4.78, 5) is 0. The normalized spacial score (nSPS) is 11.2. The number of benzene rings is 2. The molecule has 2 aromatic heterocycles. The van der Waals surface area contributed by atoms with Crippen molar-refractivity contribution in [3.8, 4) is 11.4 Å². The van der Waals surface area contributed by atoms with E-state index in [4.69, 9.17) is 11.6 Å². The Morgan fingerprint density at radius 1 is 0.692 bits per heavy atom. The zero-order valence-corrected chi connectivity index (χ0v) is 14.9. The number of aromatic nitrogens is 8. The van der Waals surface area contributed by atoms with Gasteiger partial charge in [-0.2, -0.15) is 9.36 Å². The highest BCUT2D eigenvalue weighted by Gasteiger charge is 2.26. The third kappa shape index (κ3) is 2.95. The lowest BCUT2D eigenvalue weighted by Gasteiger charge is -2.10. The van der Waals surface area contributed by atoms with Crippen LogP contribution in [0.15, 0.2) is 48.5 Å². The van der Waals surface area contributed by atoms with Crippen molar-refractivity contribution in [3.05, 3.63) is 71.3 Å². The molecule has 8 nitrogen and oxygen atoms in total. The maximum absolute atomic E-state index is 6.66. The van der Waals surface area contributed by atoms with Crippen molar-refractivity contribution in [1.29, 1.82) is 0 Å². The van der Waals surface area contributed by atoms with E-state index in [0.717, 1.165) is 22.5 Å². The molecule has 0 fully saturated rings. The second kappa shape index (κ2) is 6.64. The van der Waals surface area contributed by atoms with Gasteiger partial charge in [-0.3, -0.25) is 0 Å². The first-order chi connectivity index (χ1) is 12.6. The third-order valence-electron chi connectivity index (χ3n) is 4.00. The molecule has 4 rings (SSSR count). The average Bonchev–Trinajstić information content (AvgIpc) is 3.32. The Labute approximate surface area is 154 Å². The van der Waals surface area contributed by atoms with Gasteiger partial charge in [0.05, 0.1) is 11.4 Å². The summed E-state index contributed by atoms with van der Waals surface area (Å²) in [5.41, 5.74) is 3.93. The third-order valence-corrected chi connectivity index (χ3v) is 4.39. The molecule has 4 aromatic rings. The summed E-state index contributed by atoms with van der Waals surface area (Å²) in [5.74, 6) is 0.886. The second-order valence-corrected chi connectivity index (χ2v) is 6.37. The first-order valence-corrected chi connectivity index (χ1v) is 8.42. The molecule has 0 bridgehead atoms. The predicted octanol–water partition coefficient (Wildman–Crippen LogP) is 2.58. The van der Waals surface area contributed by atoms with Crippen LogP contribution in [-0.2, 0) is 0 Å². The number of aryl methyl sites for hydroxylation is 2. The number of alkyl halides is 1. The van der Waals surface area contributed by atoms with Crippen LogP contribution in [0, 0.1) is 13.8 Å². The molecule has 2 heterocycles. The minimum absolute atomic E-state index is 0.443. The van der Waals surface area contributed by atoms with Crippen LogP contribution in [0.1, 0.15) is 28.2 Å². The summed E-state index contributed by atoms with van der Waals surface area (Å²) >= 11 is 6.66. The lowest BCUT2D eigenvalue weighted by molar-refractivity contribution is 0.730. The van der Waals surface area contributed by atoms with Crippen LogP contribution in [0.4, 0.5) is 0 Å². The molecule has 0 N–H and O–H groups in total. The monoisotopic (exact) mass is 366 g/mol. The first-order valence-electron chi connectivity index (χ1n) is 7.98. The lowest BCUT2D eigenvalue weighted by Crippen LogP contribution is -2.11. The van der Waals surface area contributed by atoms with Gasteiger partial charge in [0.1, 0.15) is 0 Å². The maximum atomic E-state index is 6.66. The summed E-state index contributed by atoms with van der Waals surface area (Å²) in [5, 5.41) is 23.1. The molecule has 0 saturated heterocycles. The summed E-state index contributed by atoms with van der Waals surface area (Å²) < 4.78 is 3.18. The molecule has 0 aliphatic carbocycles. The highest BCUT2D eigenvalue weighted by atomic mass is 35.5. The van der Waals surface area contributed by atoms with E-state index in [-0.39, 0.29) is 0 Å². The highest BCUT2D eigenvalue weighted by molar-refractivity contribution is 6.22. The fourth-order valence-corrected chi connectivity index (χ4v) is 2.83. The van der Waals surface area contributed by atoms with Crippen molar-refractivity contribution < 1.29 is 0 Å². The number of rotatable bonds is 4. The van der Waals surface area contributed by atoms with Crippen molar-refractivity contribution in [2.75, 3.05) is 0 Å². The molecule has 26 heavy (non-hydrogen) atoms. The molecule has 2 aromatic carbocycles. The molecule has 0 radical (unpaired) electrons. The molecule has 0 aliphatic rings. The van der Waals surface area contributed by atoms with Crippen molar-refractivity contribution in [3.63, 3.8) is 0 Å². The van der Waals surface area contributed by atoms with Gasteiger partial charge in [0.2, 0.25) is 0 Å².